The lowest BCUT2D eigenvalue weighted by atomic mass is 10.2. The number of aromatic nitrogens is 3. The van der Waals surface area contributed by atoms with Crippen LogP contribution in [0.25, 0.3) is 0 Å². The molecule has 3 rings (SSSR count). The summed E-state index contributed by atoms with van der Waals surface area (Å²) in [4.78, 5) is 6.56. The molecule has 2 aromatic rings. The first-order chi connectivity index (χ1) is 9.42. The number of rotatable bonds is 4. The Labute approximate surface area is 111 Å². The molecule has 1 aliphatic heterocycles. The van der Waals surface area contributed by atoms with Crippen LogP contribution in [0.3, 0.4) is 0 Å². The van der Waals surface area contributed by atoms with Crippen molar-refractivity contribution in [2.45, 2.75) is 6.54 Å². The first-order valence-electron chi connectivity index (χ1n) is 6.45. The summed E-state index contributed by atoms with van der Waals surface area (Å²) in [5.74, 6) is 1.43. The van der Waals surface area contributed by atoms with E-state index in [4.69, 9.17) is 4.74 Å². The van der Waals surface area contributed by atoms with E-state index in [2.05, 4.69) is 37.5 Å². The van der Waals surface area contributed by atoms with Gasteiger partial charge >= 0.3 is 0 Å². The van der Waals surface area contributed by atoms with Crippen molar-refractivity contribution in [3.63, 3.8) is 0 Å². The van der Waals surface area contributed by atoms with E-state index < -0.39 is 0 Å². The zero-order valence-electron chi connectivity index (χ0n) is 10.7. The van der Waals surface area contributed by atoms with Gasteiger partial charge in [0.15, 0.2) is 0 Å². The molecule has 6 heteroatoms. The van der Waals surface area contributed by atoms with Crippen molar-refractivity contribution >= 4 is 11.9 Å². The molecule has 0 spiro atoms. The van der Waals surface area contributed by atoms with Gasteiger partial charge in [0.25, 0.3) is 0 Å². The Bertz CT molecular complexity index is 507. The van der Waals surface area contributed by atoms with Crippen LogP contribution in [0.15, 0.2) is 30.3 Å². The number of aromatic amines is 1. The van der Waals surface area contributed by atoms with Gasteiger partial charge in [-0.25, -0.2) is 5.10 Å². The van der Waals surface area contributed by atoms with Gasteiger partial charge in [-0.1, -0.05) is 30.3 Å². The van der Waals surface area contributed by atoms with Gasteiger partial charge in [0.2, 0.25) is 11.9 Å². The van der Waals surface area contributed by atoms with Crippen molar-refractivity contribution < 1.29 is 4.74 Å². The molecule has 0 unspecified atom stereocenters. The van der Waals surface area contributed by atoms with E-state index in [1.165, 1.54) is 5.56 Å². The van der Waals surface area contributed by atoms with E-state index in [9.17, 15) is 0 Å². The fourth-order valence-corrected chi connectivity index (χ4v) is 2.02. The third kappa shape index (κ3) is 3.03. The summed E-state index contributed by atoms with van der Waals surface area (Å²) in [6, 6.07) is 10.2. The zero-order chi connectivity index (χ0) is 12.9. The van der Waals surface area contributed by atoms with Crippen molar-refractivity contribution in [1.29, 1.82) is 0 Å². The highest BCUT2D eigenvalue weighted by molar-refractivity contribution is 5.37. The maximum atomic E-state index is 5.31. The molecule has 0 radical (unpaired) electrons. The molecule has 1 aliphatic rings. The van der Waals surface area contributed by atoms with Crippen LogP contribution < -0.4 is 10.2 Å². The first-order valence-corrected chi connectivity index (χ1v) is 6.45. The number of nitrogens with zero attached hydrogens (tertiary/aromatic N) is 3. The van der Waals surface area contributed by atoms with Crippen LogP contribution in [0.1, 0.15) is 5.56 Å². The number of morpholine rings is 1. The lowest BCUT2D eigenvalue weighted by Crippen LogP contribution is -2.36. The lowest BCUT2D eigenvalue weighted by Gasteiger charge is -2.25. The summed E-state index contributed by atoms with van der Waals surface area (Å²) in [5, 5.41) is 10.4. The normalized spacial score (nSPS) is 15.5. The van der Waals surface area contributed by atoms with Gasteiger partial charge in [-0.2, -0.15) is 4.98 Å². The minimum atomic E-state index is 0.699. The third-order valence-electron chi connectivity index (χ3n) is 3.07. The second-order valence-corrected chi connectivity index (χ2v) is 4.42. The van der Waals surface area contributed by atoms with Crippen LogP contribution in [0.5, 0.6) is 0 Å². The Hall–Kier alpha value is -2.08. The summed E-state index contributed by atoms with van der Waals surface area (Å²) < 4.78 is 5.31. The Kier molecular flexibility index (Phi) is 3.60. The van der Waals surface area contributed by atoms with E-state index in [0.717, 1.165) is 38.8 Å². The van der Waals surface area contributed by atoms with Gasteiger partial charge < -0.3 is 15.0 Å². The Balaban J connectivity index is 1.58. The maximum absolute atomic E-state index is 5.31. The molecule has 0 atom stereocenters. The summed E-state index contributed by atoms with van der Waals surface area (Å²) in [5.41, 5.74) is 1.21. The second-order valence-electron chi connectivity index (χ2n) is 4.42. The van der Waals surface area contributed by atoms with Crippen molar-refractivity contribution in [2.24, 2.45) is 0 Å². The van der Waals surface area contributed by atoms with Crippen LogP contribution in [0.4, 0.5) is 11.9 Å². The average Bonchev–Trinajstić information content (AvgIpc) is 2.96. The topological polar surface area (TPSA) is 66.1 Å². The van der Waals surface area contributed by atoms with E-state index in [1.54, 1.807) is 0 Å². The summed E-state index contributed by atoms with van der Waals surface area (Å²) >= 11 is 0. The number of hydrogen-bond acceptors (Lipinski definition) is 5. The molecule has 2 N–H and O–H groups in total. The largest absolute Gasteiger partial charge is 0.378 e. The predicted molar refractivity (Wildman–Crippen MR) is 73.2 cm³/mol. The second kappa shape index (κ2) is 5.71. The quantitative estimate of drug-likeness (QED) is 0.865. The molecule has 19 heavy (non-hydrogen) atoms. The molecule has 100 valence electrons. The molecule has 0 amide bonds. The number of benzene rings is 1. The molecule has 6 nitrogen and oxygen atoms in total. The molecule has 0 saturated carbocycles. The minimum Gasteiger partial charge on any atom is -0.378 e. The van der Waals surface area contributed by atoms with Crippen LogP contribution in [-0.4, -0.2) is 41.5 Å². The highest BCUT2D eigenvalue weighted by atomic mass is 16.5. The van der Waals surface area contributed by atoms with Gasteiger partial charge in [0.1, 0.15) is 0 Å². The van der Waals surface area contributed by atoms with Crippen molar-refractivity contribution in [3.05, 3.63) is 35.9 Å². The Morgan fingerprint density at radius 3 is 2.79 bits per heavy atom. The number of H-pyrrole nitrogens is 1. The molecule has 1 aromatic carbocycles. The molecular weight excluding hydrogens is 242 g/mol. The number of ether oxygens (including phenoxy) is 1. The van der Waals surface area contributed by atoms with Gasteiger partial charge in [0.05, 0.1) is 13.2 Å². The van der Waals surface area contributed by atoms with E-state index in [-0.39, 0.29) is 0 Å². The van der Waals surface area contributed by atoms with Gasteiger partial charge in [-0.05, 0) is 5.56 Å². The molecule has 1 aromatic heterocycles. The van der Waals surface area contributed by atoms with Crippen molar-refractivity contribution in [1.82, 2.24) is 15.2 Å². The maximum Gasteiger partial charge on any atom is 0.246 e. The zero-order valence-corrected chi connectivity index (χ0v) is 10.7. The standard InChI is InChI=1S/C13H17N5O/c1-2-4-11(5-3-1)10-14-12-15-13(17-16-12)18-6-8-19-9-7-18/h1-5H,6-10H2,(H2,14,15,16,17). The van der Waals surface area contributed by atoms with Gasteiger partial charge in [-0.15, -0.1) is 5.10 Å². The van der Waals surface area contributed by atoms with E-state index in [1.807, 2.05) is 18.2 Å². The van der Waals surface area contributed by atoms with Gasteiger partial charge in [-0.3, -0.25) is 0 Å². The molecule has 0 bridgehead atoms. The average molecular weight is 259 g/mol. The molecule has 0 aliphatic carbocycles. The predicted octanol–water partition coefficient (Wildman–Crippen LogP) is 1.25. The van der Waals surface area contributed by atoms with Gasteiger partial charge in [0, 0.05) is 19.6 Å². The summed E-state index contributed by atoms with van der Waals surface area (Å²) in [7, 11) is 0. The van der Waals surface area contributed by atoms with E-state index >= 15 is 0 Å². The molecule has 1 fully saturated rings. The minimum absolute atomic E-state index is 0.699. The van der Waals surface area contributed by atoms with Crippen LogP contribution in [0, 0.1) is 0 Å². The summed E-state index contributed by atoms with van der Waals surface area (Å²) in [6.07, 6.45) is 0. The lowest BCUT2D eigenvalue weighted by molar-refractivity contribution is 0.122. The van der Waals surface area contributed by atoms with Crippen molar-refractivity contribution in [2.75, 3.05) is 36.5 Å². The Morgan fingerprint density at radius 2 is 2.00 bits per heavy atom. The first kappa shape index (κ1) is 12.0. The molecule has 1 saturated heterocycles. The number of nitrogens with one attached hydrogen (secondary N) is 2. The highest BCUT2D eigenvalue weighted by Crippen LogP contribution is 2.12. The van der Waals surface area contributed by atoms with Crippen LogP contribution in [-0.2, 0) is 11.3 Å². The monoisotopic (exact) mass is 259 g/mol. The summed E-state index contributed by atoms with van der Waals surface area (Å²) in [6.45, 7) is 3.90. The SMILES string of the molecule is c1ccc(CNc2nc(N3CCOCC3)n[nH]2)cc1. The number of hydrogen-bond donors (Lipinski definition) is 2. The Morgan fingerprint density at radius 1 is 1.21 bits per heavy atom. The van der Waals surface area contributed by atoms with Crippen molar-refractivity contribution in [3.8, 4) is 0 Å². The van der Waals surface area contributed by atoms with Crippen LogP contribution in [0.2, 0.25) is 0 Å². The molecular formula is C13H17N5O. The fraction of sp³-hybridized carbons (Fsp3) is 0.385. The van der Waals surface area contributed by atoms with E-state index in [0.29, 0.717) is 5.95 Å². The number of anilines is 2. The van der Waals surface area contributed by atoms with Crippen LogP contribution >= 0.6 is 0 Å². The fourth-order valence-electron chi connectivity index (χ4n) is 2.02. The third-order valence-corrected chi connectivity index (χ3v) is 3.07. The molecule has 2 heterocycles. The highest BCUT2D eigenvalue weighted by Gasteiger charge is 2.15. The smallest absolute Gasteiger partial charge is 0.246 e.